The average molecular weight is 287 g/mol. The molecule has 1 rings (SSSR count). The second-order valence-corrected chi connectivity index (χ2v) is 5.25. The maximum absolute atomic E-state index is 5.77. The Hall–Kier alpha value is -0.580. The molecule has 0 saturated heterocycles. The molecule has 0 heterocycles. The summed E-state index contributed by atoms with van der Waals surface area (Å²) in [6.07, 6.45) is 0. The fourth-order valence-corrected chi connectivity index (χ4v) is 1.40. The third-order valence-corrected chi connectivity index (χ3v) is 3.41. The smallest absolute Gasteiger partial charge is 0.119 e. The average Bonchev–Trinajstić information content (AvgIpc) is 2.27. The van der Waals surface area contributed by atoms with Crippen LogP contribution in [0.2, 0.25) is 0 Å². The normalized spacial score (nSPS) is 14.9. The van der Waals surface area contributed by atoms with Crippen LogP contribution in [-0.4, -0.2) is 37.7 Å². The summed E-state index contributed by atoms with van der Waals surface area (Å²) in [4.78, 5) is 2.09. The third kappa shape index (κ3) is 3.47. The van der Waals surface area contributed by atoms with Gasteiger partial charge >= 0.3 is 0 Å². The van der Waals surface area contributed by atoms with Crippen LogP contribution >= 0.6 is 15.9 Å². The SMILES string of the molecule is CN(C)C(C)(CN)COc1ccc(Br)cc1. The summed E-state index contributed by atoms with van der Waals surface area (Å²) in [5.41, 5.74) is 5.64. The summed E-state index contributed by atoms with van der Waals surface area (Å²) < 4.78 is 6.79. The van der Waals surface area contributed by atoms with Crippen LogP contribution in [0.3, 0.4) is 0 Å². The van der Waals surface area contributed by atoms with E-state index in [2.05, 4.69) is 27.8 Å². The van der Waals surface area contributed by atoms with Crippen molar-refractivity contribution in [3.05, 3.63) is 28.7 Å². The maximum atomic E-state index is 5.77. The first-order valence-electron chi connectivity index (χ1n) is 5.24. The van der Waals surface area contributed by atoms with Crippen molar-refractivity contribution in [1.29, 1.82) is 0 Å². The van der Waals surface area contributed by atoms with Gasteiger partial charge in [0.1, 0.15) is 12.4 Å². The van der Waals surface area contributed by atoms with Gasteiger partial charge in [-0.25, -0.2) is 0 Å². The first kappa shape index (κ1) is 13.5. The molecule has 1 atom stereocenters. The number of nitrogens with two attached hydrogens (primary N) is 1. The Morgan fingerprint density at radius 3 is 2.31 bits per heavy atom. The fourth-order valence-electron chi connectivity index (χ4n) is 1.14. The van der Waals surface area contributed by atoms with Crippen LogP contribution in [0.4, 0.5) is 0 Å². The molecule has 0 aromatic heterocycles. The summed E-state index contributed by atoms with van der Waals surface area (Å²) in [6, 6.07) is 7.81. The number of hydrogen-bond donors (Lipinski definition) is 1. The lowest BCUT2D eigenvalue weighted by atomic mass is 10.0. The number of rotatable bonds is 5. The van der Waals surface area contributed by atoms with Crippen LogP contribution in [0.15, 0.2) is 28.7 Å². The van der Waals surface area contributed by atoms with E-state index in [0.29, 0.717) is 13.2 Å². The second-order valence-electron chi connectivity index (χ2n) is 4.34. The first-order valence-corrected chi connectivity index (χ1v) is 6.03. The molecule has 0 aliphatic rings. The van der Waals surface area contributed by atoms with Gasteiger partial charge in [-0.3, -0.25) is 4.90 Å². The van der Waals surface area contributed by atoms with E-state index in [0.717, 1.165) is 10.2 Å². The van der Waals surface area contributed by atoms with Gasteiger partial charge in [-0.05, 0) is 45.3 Å². The van der Waals surface area contributed by atoms with Gasteiger partial charge in [-0.15, -0.1) is 0 Å². The van der Waals surface area contributed by atoms with Gasteiger partial charge in [0.2, 0.25) is 0 Å². The van der Waals surface area contributed by atoms with Gasteiger partial charge in [0.05, 0.1) is 5.54 Å². The molecule has 4 heteroatoms. The third-order valence-electron chi connectivity index (χ3n) is 2.88. The van der Waals surface area contributed by atoms with Crippen molar-refractivity contribution in [3.8, 4) is 5.75 Å². The van der Waals surface area contributed by atoms with Crippen LogP contribution < -0.4 is 10.5 Å². The van der Waals surface area contributed by atoms with Crippen molar-refractivity contribution < 1.29 is 4.74 Å². The number of benzene rings is 1. The van der Waals surface area contributed by atoms with Crippen LogP contribution in [0, 0.1) is 0 Å². The van der Waals surface area contributed by atoms with Gasteiger partial charge < -0.3 is 10.5 Å². The molecule has 1 aromatic carbocycles. The molecular formula is C12H19BrN2O. The Labute approximate surface area is 106 Å². The van der Waals surface area contributed by atoms with Crippen molar-refractivity contribution >= 4 is 15.9 Å². The fraction of sp³-hybridized carbons (Fsp3) is 0.500. The number of nitrogens with zero attached hydrogens (tertiary/aromatic N) is 1. The highest BCUT2D eigenvalue weighted by Crippen LogP contribution is 2.18. The van der Waals surface area contributed by atoms with E-state index in [4.69, 9.17) is 10.5 Å². The van der Waals surface area contributed by atoms with E-state index < -0.39 is 0 Å². The second kappa shape index (κ2) is 5.66. The van der Waals surface area contributed by atoms with Gasteiger partial charge in [-0.2, -0.15) is 0 Å². The van der Waals surface area contributed by atoms with Crippen LogP contribution in [0.1, 0.15) is 6.92 Å². The maximum Gasteiger partial charge on any atom is 0.119 e. The Morgan fingerprint density at radius 2 is 1.88 bits per heavy atom. The van der Waals surface area contributed by atoms with E-state index in [1.807, 2.05) is 38.4 Å². The summed E-state index contributed by atoms with van der Waals surface area (Å²) in [5.74, 6) is 0.865. The quantitative estimate of drug-likeness (QED) is 0.901. The number of halogens is 1. The van der Waals surface area contributed by atoms with E-state index in [1.54, 1.807) is 0 Å². The standard InChI is InChI=1S/C12H19BrN2O/c1-12(8-14,15(2)3)9-16-11-6-4-10(13)5-7-11/h4-7H,8-9,14H2,1-3H3. The first-order chi connectivity index (χ1) is 7.48. The predicted molar refractivity (Wildman–Crippen MR) is 70.8 cm³/mol. The molecule has 0 radical (unpaired) electrons. The lowest BCUT2D eigenvalue weighted by Gasteiger charge is -2.34. The van der Waals surface area contributed by atoms with Gasteiger partial charge in [0.15, 0.2) is 0 Å². The zero-order chi connectivity index (χ0) is 12.2. The van der Waals surface area contributed by atoms with Crippen molar-refractivity contribution in [1.82, 2.24) is 4.90 Å². The van der Waals surface area contributed by atoms with Crippen molar-refractivity contribution in [2.45, 2.75) is 12.5 Å². The molecule has 0 saturated carbocycles. The highest BCUT2D eigenvalue weighted by atomic mass is 79.9. The van der Waals surface area contributed by atoms with Crippen LogP contribution in [0.25, 0.3) is 0 Å². The van der Waals surface area contributed by atoms with Crippen LogP contribution in [-0.2, 0) is 0 Å². The molecule has 0 aliphatic carbocycles. The minimum Gasteiger partial charge on any atom is -0.492 e. The molecule has 0 spiro atoms. The summed E-state index contributed by atoms with van der Waals surface area (Å²) >= 11 is 3.39. The largest absolute Gasteiger partial charge is 0.492 e. The molecular weight excluding hydrogens is 268 g/mol. The molecule has 3 nitrogen and oxygen atoms in total. The van der Waals surface area contributed by atoms with E-state index in [-0.39, 0.29) is 5.54 Å². The summed E-state index contributed by atoms with van der Waals surface area (Å²) in [7, 11) is 4.02. The lowest BCUT2D eigenvalue weighted by molar-refractivity contribution is 0.104. The minimum atomic E-state index is -0.132. The van der Waals surface area contributed by atoms with E-state index >= 15 is 0 Å². The molecule has 2 N–H and O–H groups in total. The van der Waals surface area contributed by atoms with Gasteiger partial charge in [0.25, 0.3) is 0 Å². The molecule has 0 amide bonds. The van der Waals surface area contributed by atoms with Crippen LogP contribution in [0.5, 0.6) is 5.75 Å². The zero-order valence-corrected chi connectivity index (χ0v) is 11.6. The summed E-state index contributed by atoms with van der Waals surface area (Å²) in [5, 5.41) is 0. The monoisotopic (exact) mass is 286 g/mol. The number of hydrogen-bond acceptors (Lipinski definition) is 3. The highest BCUT2D eigenvalue weighted by molar-refractivity contribution is 9.10. The van der Waals surface area contributed by atoms with Gasteiger partial charge in [-0.1, -0.05) is 15.9 Å². The van der Waals surface area contributed by atoms with E-state index in [1.165, 1.54) is 0 Å². The zero-order valence-electron chi connectivity index (χ0n) is 10.0. The molecule has 0 bridgehead atoms. The van der Waals surface area contributed by atoms with E-state index in [9.17, 15) is 0 Å². The topological polar surface area (TPSA) is 38.5 Å². The molecule has 0 aliphatic heterocycles. The minimum absolute atomic E-state index is 0.132. The Kier molecular flexibility index (Phi) is 4.77. The Bertz CT molecular complexity index is 326. The van der Waals surface area contributed by atoms with Crippen molar-refractivity contribution in [3.63, 3.8) is 0 Å². The van der Waals surface area contributed by atoms with Crippen molar-refractivity contribution in [2.75, 3.05) is 27.2 Å². The molecule has 1 aromatic rings. The predicted octanol–water partition coefficient (Wildman–Crippen LogP) is 2.11. The highest BCUT2D eigenvalue weighted by Gasteiger charge is 2.25. The Morgan fingerprint density at radius 1 is 1.31 bits per heavy atom. The molecule has 90 valence electrons. The number of likely N-dealkylation sites (N-methyl/N-ethyl adjacent to an activating group) is 1. The molecule has 16 heavy (non-hydrogen) atoms. The summed E-state index contributed by atoms with van der Waals surface area (Å²) in [6.45, 7) is 3.24. The van der Waals surface area contributed by atoms with Crippen molar-refractivity contribution in [2.24, 2.45) is 5.73 Å². The Balaban J connectivity index is 2.59. The lowest BCUT2D eigenvalue weighted by Crippen LogP contribution is -2.52. The molecule has 0 fully saturated rings. The number of ether oxygens (including phenoxy) is 1. The molecule has 1 unspecified atom stereocenters. The van der Waals surface area contributed by atoms with Gasteiger partial charge in [0, 0.05) is 11.0 Å².